The second-order valence-corrected chi connectivity index (χ2v) is 35.3. The molecule has 0 spiro atoms. The summed E-state index contributed by atoms with van der Waals surface area (Å²) in [6.45, 7) is 10.4. The van der Waals surface area contributed by atoms with Crippen LogP contribution in [0, 0.1) is 0 Å². The number of imidazole rings is 1. The Morgan fingerprint density at radius 1 is 0.675 bits per heavy atom. The van der Waals surface area contributed by atoms with Crippen molar-refractivity contribution in [2.24, 2.45) is 7.05 Å². The second kappa shape index (κ2) is 20.3. The molecular formula is C49H60N4O20S6Si+2. The van der Waals surface area contributed by atoms with Crippen LogP contribution >= 0.6 is 0 Å². The summed E-state index contributed by atoms with van der Waals surface area (Å²) in [5.74, 6) is -4.04. The molecule has 5 aromatic rings. The van der Waals surface area contributed by atoms with Crippen molar-refractivity contribution in [2.45, 2.75) is 129 Å². The number of carbonyl (C=O) groups is 1. The molecule has 3 aliphatic heterocycles. The number of anilines is 1. The van der Waals surface area contributed by atoms with Gasteiger partial charge in [0, 0.05) is 59.6 Å². The fourth-order valence-corrected chi connectivity index (χ4v) is 19.2. The van der Waals surface area contributed by atoms with E-state index in [0.717, 1.165) is 24.3 Å². The molecule has 3 aliphatic rings. The Bertz CT molecular complexity index is 4330. The summed E-state index contributed by atoms with van der Waals surface area (Å²) < 4.78 is 220. The van der Waals surface area contributed by atoms with Gasteiger partial charge in [0.2, 0.25) is 5.36 Å². The first-order chi connectivity index (χ1) is 36.4. The van der Waals surface area contributed by atoms with Crippen LogP contribution in [0.5, 0.6) is 0 Å². The fraction of sp³-hybridized carbons (Fsp3) is 0.408. The molecule has 0 fully saturated rings. The smallest absolute Gasteiger partial charge is 0.303 e. The highest BCUT2D eigenvalue weighted by atomic mass is 32.2. The minimum Gasteiger partial charge on any atom is -0.481 e. The lowest BCUT2D eigenvalue weighted by molar-refractivity contribution is -0.698. The predicted molar refractivity (Wildman–Crippen MR) is 292 cm³/mol. The van der Waals surface area contributed by atoms with Crippen molar-refractivity contribution in [3.8, 4) is 0 Å². The van der Waals surface area contributed by atoms with E-state index in [0.29, 0.717) is 66.9 Å². The molecule has 0 aliphatic carbocycles. The van der Waals surface area contributed by atoms with E-state index in [-0.39, 0.29) is 56.4 Å². The molecule has 0 bridgehead atoms. The highest BCUT2D eigenvalue weighted by Crippen LogP contribution is 2.47. The lowest BCUT2D eigenvalue weighted by atomic mass is 9.78. The quantitative estimate of drug-likeness (QED) is 0.0394. The van der Waals surface area contributed by atoms with Crippen molar-refractivity contribution in [2.75, 3.05) is 16.4 Å². The SMILES string of the molecule is Cn1cc[n+](CCCC(=O)O)c1C1=c2cc3c(cc2[Si](C)(C)c2cc4c(cc21)C(CS(=O)(=O)O)CC(C)(C)N4Cc1ccc(S(=O)(=O)O)cc1S(=O)(=O)O)=[N+](Cc1ccc(S(=O)(=O)O)cc1S(=O)(=O)O)C(C)(C)CC3CS(=O)(=O)O. The zero-order chi connectivity index (χ0) is 59.6. The Balaban J connectivity index is 1.53. The van der Waals surface area contributed by atoms with Crippen LogP contribution < -0.4 is 35.0 Å². The van der Waals surface area contributed by atoms with Gasteiger partial charge in [-0.2, -0.15) is 50.5 Å². The van der Waals surface area contributed by atoms with Crippen molar-refractivity contribution < 1.29 is 92.3 Å². The molecule has 80 heavy (non-hydrogen) atoms. The minimum atomic E-state index is -5.18. The van der Waals surface area contributed by atoms with E-state index in [4.69, 9.17) is 0 Å². The minimum absolute atomic E-state index is 0.00322. The number of fused-ring (bicyclic) bond motifs is 4. The first-order valence-corrected chi connectivity index (χ1v) is 36.5. The summed E-state index contributed by atoms with van der Waals surface area (Å²) in [4.78, 5) is 10.2. The van der Waals surface area contributed by atoms with E-state index in [9.17, 15) is 87.7 Å². The van der Waals surface area contributed by atoms with Crippen LogP contribution in [0.15, 0.2) is 92.6 Å². The maximum atomic E-state index is 13.0. The van der Waals surface area contributed by atoms with Crippen molar-refractivity contribution in [3.05, 3.63) is 117 Å². The van der Waals surface area contributed by atoms with Crippen molar-refractivity contribution in [3.63, 3.8) is 0 Å². The highest BCUT2D eigenvalue weighted by molar-refractivity contribution is 7.87. The van der Waals surface area contributed by atoms with Gasteiger partial charge in [-0.3, -0.25) is 32.1 Å². The number of hydrogen-bond donors (Lipinski definition) is 7. The molecule has 8 rings (SSSR count). The zero-order valence-corrected chi connectivity index (χ0v) is 50.0. The lowest BCUT2D eigenvalue weighted by Gasteiger charge is -2.49. The molecule has 0 saturated heterocycles. The van der Waals surface area contributed by atoms with Gasteiger partial charge in [0.05, 0.1) is 40.5 Å². The van der Waals surface area contributed by atoms with E-state index in [1.54, 1.807) is 73.3 Å². The third-order valence-corrected chi connectivity index (χ3v) is 24.2. The van der Waals surface area contributed by atoms with E-state index in [1.807, 2.05) is 29.8 Å². The molecule has 0 radical (unpaired) electrons. The average Bonchev–Trinajstić information content (AvgIpc) is 2.78. The molecule has 31 heteroatoms. The van der Waals surface area contributed by atoms with Crippen LogP contribution in [0.1, 0.15) is 98.9 Å². The number of aromatic nitrogens is 2. The molecule has 4 heterocycles. The van der Waals surface area contributed by atoms with Crippen LogP contribution in [0.3, 0.4) is 0 Å². The summed E-state index contributed by atoms with van der Waals surface area (Å²) in [6.07, 6.45) is 3.41. The number of benzene rings is 4. The summed E-state index contributed by atoms with van der Waals surface area (Å²) in [7, 11) is -31.4. The van der Waals surface area contributed by atoms with Gasteiger partial charge < -0.3 is 10.0 Å². The molecular weight excluding hydrogens is 1190 g/mol. The molecule has 2 unspecified atom stereocenters. The highest BCUT2D eigenvalue weighted by Gasteiger charge is 2.48. The number of aryl methyl sites for hydroxylation is 2. The largest absolute Gasteiger partial charge is 0.481 e. The van der Waals surface area contributed by atoms with E-state index in [1.165, 1.54) is 0 Å². The van der Waals surface area contributed by atoms with Crippen LogP contribution in [-0.4, -0.2) is 124 Å². The lowest BCUT2D eigenvalue weighted by Crippen LogP contribution is -2.66. The van der Waals surface area contributed by atoms with Crippen LogP contribution in [-0.2, 0) is 92.2 Å². The number of carboxylic acid groups (broad SMARTS) is 1. The zero-order valence-electron chi connectivity index (χ0n) is 44.1. The van der Waals surface area contributed by atoms with Gasteiger partial charge in [-0.05, 0) is 121 Å². The standard InChI is InChI=1S/C49H58N4O20S6Si/c1-48(2)23-31(27-74(56,57)58)35-19-37-43(21-39(35)52(48)25-29-10-12-33(76(62,63)64)17-41(29)78(68,69)70)80(6,7)44-22-40-36(20-38(44)46(37)47-50(5)15-16-51(47)14-8-9-45(54)55)32(28-75(59,60)61)24-49(3,4)53(40)26-30-11-13-34(77(65,66)67)18-42(30)79(71,72)73/h10-13,15-22,31-32H,8-9,14,23-28H2,1-7H3,(H5-2,54,55,56,57,58,59,60,61,62,63,64,65,66,67,68,69,70,71,72,73)/p+2. The molecule has 1 aromatic heterocycles. The average molecular weight is 1250 g/mol. The molecule has 2 atom stereocenters. The molecule has 0 saturated carbocycles. The number of carboxylic acids is 1. The van der Waals surface area contributed by atoms with Gasteiger partial charge in [0.1, 0.15) is 30.3 Å². The van der Waals surface area contributed by atoms with Crippen molar-refractivity contribution >= 4 is 96.4 Å². The maximum absolute atomic E-state index is 13.0. The molecule has 24 nitrogen and oxygen atoms in total. The normalized spacial score (nSPS) is 19.0. The predicted octanol–water partition coefficient (Wildman–Crippen LogP) is 1.55. The van der Waals surface area contributed by atoms with Crippen LogP contribution in [0.25, 0.3) is 5.57 Å². The monoisotopic (exact) mass is 1240 g/mol. The Labute approximate surface area is 464 Å². The van der Waals surface area contributed by atoms with Gasteiger partial charge in [-0.1, -0.05) is 19.2 Å². The number of hydrogen-bond acceptors (Lipinski definition) is 14. The van der Waals surface area contributed by atoms with E-state index in [2.05, 4.69) is 0 Å². The summed E-state index contributed by atoms with van der Waals surface area (Å²) in [5, 5.41) is 11.9. The van der Waals surface area contributed by atoms with Gasteiger partial charge in [-0.15, -0.1) is 0 Å². The summed E-state index contributed by atoms with van der Waals surface area (Å²) >= 11 is 0. The van der Waals surface area contributed by atoms with Crippen LogP contribution in [0.4, 0.5) is 5.69 Å². The van der Waals surface area contributed by atoms with Gasteiger partial charge in [0.15, 0.2) is 12.1 Å². The first-order valence-electron chi connectivity index (χ1n) is 24.5. The van der Waals surface area contributed by atoms with Crippen molar-refractivity contribution in [1.82, 2.24) is 9.14 Å². The number of nitrogens with zero attached hydrogens (tertiary/aromatic N) is 4. The number of rotatable bonds is 17. The summed E-state index contributed by atoms with van der Waals surface area (Å²) in [5.41, 5.74) is -0.392. The topological polar surface area (TPSA) is 379 Å². The first kappa shape index (κ1) is 60.8. The Kier molecular flexibility index (Phi) is 15.4. The second-order valence-electron chi connectivity index (χ2n) is 22.4. The van der Waals surface area contributed by atoms with Gasteiger partial charge >= 0.3 is 5.97 Å². The third kappa shape index (κ3) is 12.1. The fourth-order valence-electron chi connectivity index (χ4n) is 11.9. The summed E-state index contributed by atoms with van der Waals surface area (Å²) in [6, 6.07) is 12.5. The van der Waals surface area contributed by atoms with E-state index >= 15 is 0 Å². The Morgan fingerprint density at radius 3 is 1.74 bits per heavy atom. The third-order valence-electron chi connectivity index (χ3n) is 15.4. The Morgan fingerprint density at radius 2 is 1.21 bits per heavy atom. The Hall–Kier alpha value is -5.29. The molecule has 434 valence electrons. The number of aliphatic carboxylic acids is 1. The van der Waals surface area contributed by atoms with Crippen LogP contribution in [0.2, 0.25) is 13.1 Å². The maximum Gasteiger partial charge on any atom is 0.303 e. The molecule has 4 aromatic carbocycles. The molecule has 7 N–H and O–H groups in total. The van der Waals surface area contributed by atoms with Gasteiger partial charge in [0.25, 0.3) is 66.5 Å². The molecule has 0 amide bonds. The van der Waals surface area contributed by atoms with E-state index < -0.39 is 129 Å². The van der Waals surface area contributed by atoms with Crippen molar-refractivity contribution in [1.29, 1.82) is 0 Å². The van der Waals surface area contributed by atoms with Gasteiger partial charge in [-0.25, -0.2) is 13.7 Å².